The largest absolute Gasteiger partial charge is 0.464 e. The lowest BCUT2D eigenvalue weighted by Gasteiger charge is -2.22. The van der Waals surface area contributed by atoms with E-state index in [-0.39, 0.29) is 5.70 Å². The zero-order chi connectivity index (χ0) is 24.3. The minimum Gasteiger partial charge on any atom is -0.464 e. The van der Waals surface area contributed by atoms with E-state index in [1.54, 1.807) is 20.8 Å². The molecule has 0 saturated carbocycles. The lowest BCUT2D eigenvalue weighted by atomic mass is 9.88. The van der Waals surface area contributed by atoms with Gasteiger partial charge in [0, 0.05) is 5.57 Å². The molecule has 0 atom stereocenters. The summed E-state index contributed by atoms with van der Waals surface area (Å²) in [7, 11) is 1.29. The third-order valence-corrected chi connectivity index (χ3v) is 5.38. The minimum atomic E-state index is -0.732. The van der Waals surface area contributed by atoms with Gasteiger partial charge in [-0.3, -0.25) is 5.32 Å². The molecule has 0 aromatic heterocycles. The molecule has 0 aliphatic rings. The standard InChI is InChI=1S/C29H27NO4/c1-29(2,3)34-28(32)30-26(27(31)33-4)25(23-17-9-13-19-11-5-7-15-21(19)23)24-18-10-14-20-12-6-8-16-22(20)24/h5-18H,1-4H3,(H,30,32). The molecule has 0 unspecified atom stereocenters. The van der Waals surface area contributed by atoms with E-state index in [1.165, 1.54) is 7.11 Å². The van der Waals surface area contributed by atoms with E-state index in [2.05, 4.69) is 5.32 Å². The average molecular weight is 454 g/mol. The highest BCUT2D eigenvalue weighted by Gasteiger charge is 2.26. The molecule has 0 fully saturated rings. The number of alkyl carbamates (subject to hydrolysis) is 1. The van der Waals surface area contributed by atoms with Gasteiger partial charge >= 0.3 is 12.1 Å². The van der Waals surface area contributed by atoms with E-state index in [4.69, 9.17) is 9.47 Å². The van der Waals surface area contributed by atoms with E-state index in [0.29, 0.717) is 5.57 Å². The van der Waals surface area contributed by atoms with E-state index in [0.717, 1.165) is 32.7 Å². The van der Waals surface area contributed by atoms with Crippen molar-refractivity contribution in [3.8, 4) is 0 Å². The van der Waals surface area contributed by atoms with Crippen molar-refractivity contribution in [3.05, 3.63) is 102 Å². The van der Waals surface area contributed by atoms with Gasteiger partial charge in [0.2, 0.25) is 0 Å². The molecule has 0 aliphatic heterocycles. The van der Waals surface area contributed by atoms with Gasteiger partial charge in [0.05, 0.1) is 7.11 Å². The van der Waals surface area contributed by atoms with Crippen LogP contribution in [-0.4, -0.2) is 24.8 Å². The molecule has 4 aromatic carbocycles. The highest BCUT2D eigenvalue weighted by Crippen LogP contribution is 2.36. The van der Waals surface area contributed by atoms with Crippen LogP contribution >= 0.6 is 0 Å². The molecule has 4 aromatic rings. The second kappa shape index (κ2) is 9.40. The van der Waals surface area contributed by atoms with Crippen molar-refractivity contribution in [2.45, 2.75) is 26.4 Å². The van der Waals surface area contributed by atoms with Crippen LogP contribution in [0.4, 0.5) is 4.79 Å². The van der Waals surface area contributed by atoms with Gasteiger partial charge in [0.25, 0.3) is 0 Å². The molecule has 5 nitrogen and oxygen atoms in total. The highest BCUT2D eigenvalue weighted by molar-refractivity contribution is 6.11. The molecular formula is C29H27NO4. The number of fused-ring (bicyclic) bond motifs is 2. The van der Waals surface area contributed by atoms with Crippen molar-refractivity contribution in [3.63, 3.8) is 0 Å². The number of benzene rings is 4. The second-order valence-corrected chi connectivity index (χ2v) is 8.92. The molecular weight excluding hydrogens is 426 g/mol. The Balaban J connectivity index is 2.07. The fourth-order valence-corrected chi connectivity index (χ4v) is 4.02. The van der Waals surface area contributed by atoms with Crippen LogP contribution in [0, 0.1) is 0 Å². The van der Waals surface area contributed by atoms with Crippen LogP contribution in [0.5, 0.6) is 0 Å². The summed E-state index contributed by atoms with van der Waals surface area (Å²) in [4.78, 5) is 25.9. The SMILES string of the molecule is COC(=O)C(NC(=O)OC(C)(C)C)=C(c1cccc2ccccc12)c1cccc2ccccc12. The van der Waals surface area contributed by atoms with Crippen molar-refractivity contribution in [2.24, 2.45) is 0 Å². The summed E-state index contributed by atoms with van der Waals surface area (Å²) >= 11 is 0. The third kappa shape index (κ3) is 4.79. The molecule has 1 amide bonds. The quantitative estimate of drug-likeness (QED) is 0.285. The number of hydrogen-bond donors (Lipinski definition) is 1. The maximum atomic E-state index is 13.1. The number of amides is 1. The maximum Gasteiger partial charge on any atom is 0.412 e. The van der Waals surface area contributed by atoms with Crippen molar-refractivity contribution in [1.82, 2.24) is 5.32 Å². The van der Waals surface area contributed by atoms with Crippen molar-refractivity contribution in [2.75, 3.05) is 7.11 Å². The number of esters is 1. The van der Waals surface area contributed by atoms with Gasteiger partial charge in [-0.05, 0) is 53.4 Å². The first kappa shape index (κ1) is 23.1. The molecule has 0 heterocycles. The smallest absolute Gasteiger partial charge is 0.412 e. The first-order valence-corrected chi connectivity index (χ1v) is 11.1. The summed E-state index contributed by atoms with van der Waals surface area (Å²) in [6, 6.07) is 27.6. The van der Waals surface area contributed by atoms with Gasteiger partial charge < -0.3 is 9.47 Å². The third-order valence-electron chi connectivity index (χ3n) is 5.38. The Morgan fingerprint density at radius 1 is 0.706 bits per heavy atom. The second-order valence-electron chi connectivity index (χ2n) is 8.92. The monoisotopic (exact) mass is 453 g/mol. The number of methoxy groups -OCH3 is 1. The first-order valence-electron chi connectivity index (χ1n) is 11.1. The van der Waals surface area contributed by atoms with E-state index in [9.17, 15) is 9.59 Å². The molecule has 5 heteroatoms. The molecule has 172 valence electrons. The molecule has 0 aliphatic carbocycles. The molecule has 0 saturated heterocycles. The Kier molecular flexibility index (Phi) is 6.37. The lowest BCUT2D eigenvalue weighted by Crippen LogP contribution is -2.35. The van der Waals surface area contributed by atoms with Crippen molar-refractivity contribution < 1.29 is 19.1 Å². The maximum absolute atomic E-state index is 13.1. The number of nitrogens with one attached hydrogen (secondary N) is 1. The summed E-state index contributed by atoms with van der Waals surface area (Å²) in [6.45, 7) is 5.30. The Bertz CT molecular complexity index is 1320. The Labute approximate surface area is 199 Å². The summed E-state index contributed by atoms with van der Waals surface area (Å²) in [5.41, 5.74) is 1.44. The Morgan fingerprint density at radius 3 is 1.65 bits per heavy atom. The van der Waals surface area contributed by atoms with Crippen LogP contribution in [0.3, 0.4) is 0 Å². The molecule has 4 rings (SSSR count). The summed E-state index contributed by atoms with van der Waals surface area (Å²) in [5.74, 6) is -0.665. The van der Waals surface area contributed by atoms with Crippen LogP contribution < -0.4 is 5.32 Å². The van der Waals surface area contributed by atoms with Gasteiger partial charge in [-0.25, -0.2) is 9.59 Å². The van der Waals surface area contributed by atoms with Gasteiger partial charge in [-0.2, -0.15) is 0 Å². The molecule has 0 radical (unpaired) electrons. The fraction of sp³-hybridized carbons (Fsp3) is 0.172. The highest BCUT2D eigenvalue weighted by atomic mass is 16.6. The minimum absolute atomic E-state index is 0.0180. The summed E-state index contributed by atoms with van der Waals surface area (Å²) in [5, 5.41) is 6.61. The Hall–Kier alpha value is -4.12. The summed E-state index contributed by atoms with van der Waals surface area (Å²) < 4.78 is 10.6. The normalized spacial score (nSPS) is 11.2. The van der Waals surface area contributed by atoms with Crippen LogP contribution in [0.15, 0.2) is 90.6 Å². The molecule has 0 spiro atoms. The van der Waals surface area contributed by atoms with Crippen molar-refractivity contribution in [1.29, 1.82) is 0 Å². The van der Waals surface area contributed by atoms with Gasteiger partial charge in [0.1, 0.15) is 11.3 Å². The molecule has 1 N–H and O–H groups in total. The summed E-state index contributed by atoms with van der Waals surface area (Å²) in [6.07, 6.45) is -0.731. The first-order chi connectivity index (χ1) is 16.3. The number of rotatable bonds is 4. The molecule has 0 bridgehead atoms. The average Bonchev–Trinajstić information content (AvgIpc) is 2.82. The number of carbonyl (C=O) groups excluding carboxylic acids is 2. The van der Waals surface area contributed by atoms with Gasteiger partial charge in [-0.15, -0.1) is 0 Å². The predicted molar refractivity (Wildman–Crippen MR) is 135 cm³/mol. The van der Waals surface area contributed by atoms with E-state index in [1.807, 2.05) is 84.9 Å². The van der Waals surface area contributed by atoms with Crippen LogP contribution in [-0.2, 0) is 14.3 Å². The zero-order valence-electron chi connectivity index (χ0n) is 19.7. The van der Waals surface area contributed by atoms with Crippen LogP contribution in [0.2, 0.25) is 0 Å². The Morgan fingerprint density at radius 2 is 1.18 bits per heavy atom. The molecule has 34 heavy (non-hydrogen) atoms. The number of carbonyl (C=O) groups is 2. The lowest BCUT2D eigenvalue weighted by molar-refractivity contribution is -0.136. The van der Waals surface area contributed by atoms with Crippen molar-refractivity contribution >= 4 is 39.2 Å². The van der Waals surface area contributed by atoms with Gasteiger partial charge in [0.15, 0.2) is 0 Å². The van der Waals surface area contributed by atoms with Crippen LogP contribution in [0.25, 0.3) is 27.1 Å². The zero-order valence-corrected chi connectivity index (χ0v) is 19.7. The van der Waals surface area contributed by atoms with Crippen LogP contribution in [0.1, 0.15) is 31.9 Å². The van der Waals surface area contributed by atoms with Gasteiger partial charge in [-0.1, -0.05) is 84.9 Å². The predicted octanol–water partition coefficient (Wildman–Crippen LogP) is 6.45. The van der Waals surface area contributed by atoms with E-state index >= 15 is 0 Å². The number of ether oxygens (including phenoxy) is 2. The fourth-order valence-electron chi connectivity index (χ4n) is 4.02. The topological polar surface area (TPSA) is 64.6 Å². The number of hydrogen-bond acceptors (Lipinski definition) is 4. The van der Waals surface area contributed by atoms with E-state index < -0.39 is 17.7 Å².